The molecule has 1 heterocycles. The number of nitrogens with zero attached hydrogens (tertiary/aromatic N) is 1. The van der Waals surface area contributed by atoms with Crippen LogP contribution in [0.1, 0.15) is 12.5 Å². The van der Waals surface area contributed by atoms with Crippen LogP contribution in [-0.2, 0) is 11.2 Å². The second-order valence-electron chi connectivity index (χ2n) is 4.02. The van der Waals surface area contributed by atoms with E-state index in [1.807, 2.05) is 19.1 Å². The average molecular weight is 253 g/mol. The molecular formula is C13H16FNO3. The van der Waals surface area contributed by atoms with Crippen molar-refractivity contribution in [3.63, 3.8) is 0 Å². The Morgan fingerprint density at radius 2 is 2.28 bits per heavy atom. The minimum Gasteiger partial charge on any atom is -0.493 e. The SMILES string of the molecule is CCc1cc(OC)c2c(c1)N(CCF)C(=O)CO2. The van der Waals surface area contributed by atoms with Gasteiger partial charge >= 0.3 is 0 Å². The van der Waals surface area contributed by atoms with Crippen LogP contribution >= 0.6 is 0 Å². The highest BCUT2D eigenvalue weighted by Gasteiger charge is 2.28. The number of halogens is 1. The number of methoxy groups -OCH3 is 1. The van der Waals surface area contributed by atoms with E-state index < -0.39 is 6.67 Å². The molecule has 1 aliphatic heterocycles. The van der Waals surface area contributed by atoms with Crippen molar-refractivity contribution in [3.8, 4) is 11.5 Å². The number of carbonyl (C=O) groups is 1. The topological polar surface area (TPSA) is 38.8 Å². The molecule has 0 atom stereocenters. The third kappa shape index (κ3) is 2.12. The van der Waals surface area contributed by atoms with Gasteiger partial charge in [-0.3, -0.25) is 4.79 Å². The largest absolute Gasteiger partial charge is 0.493 e. The number of carbonyl (C=O) groups excluding carboxylic acids is 1. The lowest BCUT2D eigenvalue weighted by atomic mass is 10.1. The van der Waals surface area contributed by atoms with E-state index in [4.69, 9.17) is 9.47 Å². The van der Waals surface area contributed by atoms with E-state index in [0.717, 1.165) is 12.0 Å². The molecule has 0 N–H and O–H groups in total. The highest BCUT2D eigenvalue weighted by atomic mass is 19.1. The number of fused-ring (bicyclic) bond motifs is 1. The molecule has 0 radical (unpaired) electrons. The lowest BCUT2D eigenvalue weighted by Gasteiger charge is -2.30. The monoisotopic (exact) mass is 253 g/mol. The Hall–Kier alpha value is -1.78. The Labute approximate surface area is 105 Å². The standard InChI is InChI=1S/C13H16FNO3/c1-3-9-6-10-13(11(7-9)17-2)18-8-12(16)15(10)5-4-14/h6-7H,3-5,8H2,1-2H3. The third-order valence-electron chi connectivity index (χ3n) is 2.96. The second kappa shape index (κ2) is 5.25. The first-order chi connectivity index (χ1) is 8.71. The minimum absolute atomic E-state index is 0.0471. The zero-order valence-electron chi connectivity index (χ0n) is 10.5. The molecule has 5 heteroatoms. The average Bonchev–Trinajstić information content (AvgIpc) is 2.40. The molecule has 0 fully saturated rings. The van der Waals surface area contributed by atoms with Gasteiger partial charge in [-0.15, -0.1) is 0 Å². The first-order valence-electron chi connectivity index (χ1n) is 5.91. The van der Waals surface area contributed by atoms with Crippen molar-refractivity contribution in [3.05, 3.63) is 17.7 Å². The highest BCUT2D eigenvalue weighted by molar-refractivity contribution is 5.98. The molecule has 2 rings (SSSR count). The van der Waals surface area contributed by atoms with Crippen molar-refractivity contribution in [2.75, 3.05) is 31.8 Å². The van der Waals surface area contributed by atoms with Gasteiger partial charge in [-0.2, -0.15) is 0 Å². The predicted molar refractivity (Wildman–Crippen MR) is 66.2 cm³/mol. The number of hydrogen-bond acceptors (Lipinski definition) is 3. The van der Waals surface area contributed by atoms with Crippen LogP contribution in [-0.4, -0.2) is 32.8 Å². The summed E-state index contributed by atoms with van der Waals surface area (Å²) in [6.45, 7) is 1.40. The molecule has 1 aromatic carbocycles. The fourth-order valence-corrected chi connectivity index (χ4v) is 2.02. The van der Waals surface area contributed by atoms with Gasteiger partial charge in [0.25, 0.3) is 5.91 Å². The molecule has 0 unspecified atom stereocenters. The summed E-state index contributed by atoms with van der Waals surface area (Å²) in [4.78, 5) is 13.2. The Bertz CT molecular complexity index is 462. The van der Waals surface area contributed by atoms with E-state index in [9.17, 15) is 9.18 Å². The van der Waals surface area contributed by atoms with Gasteiger partial charge in [-0.05, 0) is 24.1 Å². The molecular weight excluding hydrogens is 237 g/mol. The van der Waals surface area contributed by atoms with E-state index in [0.29, 0.717) is 17.2 Å². The van der Waals surface area contributed by atoms with Crippen LogP contribution < -0.4 is 14.4 Å². The minimum atomic E-state index is -0.580. The Morgan fingerprint density at radius 3 is 2.89 bits per heavy atom. The molecule has 1 aliphatic rings. The van der Waals surface area contributed by atoms with Crippen LogP contribution in [0.3, 0.4) is 0 Å². The summed E-state index contributed by atoms with van der Waals surface area (Å²) in [5, 5.41) is 0. The van der Waals surface area contributed by atoms with E-state index in [2.05, 4.69) is 0 Å². The lowest BCUT2D eigenvalue weighted by Crippen LogP contribution is -2.40. The normalized spacial score (nSPS) is 14.2. The van der Waals surface area contributed by atoms with Gasteiger partial charge in [0.15, 0.2) is 18.1 Å². The van der Waals surface area contributed by atoms with E-state index >= 15 is 0 Å². The maximum Gasteiger partial charge on any atom is 0.265 e. The van der Waals surface area contributed by atoms with E-state index in [-0.39, 0.29) is 19.1 Å². The predicted octanol–water partition coefficient (Wildman–Crippen LogP) is 1.95. The number of amides is 1. The fraction of sp³-hybridized carbons (Fsp3) is 0.462. The summed E-state index contributed by atoms with van der Waals surface area (Å²) in [7, 11) is 1.55. The molecule has 0 bridgehead atoms. The number of ether oxygens (including phenoxy) is 2. The Morgan fingerprint density at radius 1 is 1.50 bits per heavy atom. The quantitative estimate of drug-likeness (QED) is 0.823. The molecule has 0 aliphatic carbocycles. The molecule has 18 heavy (non-hydrogen) atoms. The van der Waals surface area contributed by atoms with Gasteiger partial charge in [0.2, 0.25) is 0 Å². The summed E-state index contributed by atoms with van der Waals surface area (Å²) < 4.78 is 23.2. The van der Waals surface area contributed by atoms with Crippen LogP contribution in [0.2, 0.25) is 0 Å². The number of aryl methyl sites for hydroxylation is 1. The highest BCUT2D eigenvalue weighted by Crippen LogP contribution is 2.41. The van der Waals surface area contributed by atoms with Gasteiger partial charge in [0.1, 0.15) is 6.67 Å². The van der Waals surface area contributed by atoms with Crippen molar-refractivity contribution < 1.29 is 18.7 Å². The smallest absolute Gasteiger partial charge is 0.265 e. The van der Waals surface area contributed by atoms with Crippen LogP contribution in [0, 0.1) is 0 Å². The molecule has 0 saturated carbocycles. The van der Waals surface area contributed by atoms with Crippen molar-refractivity contribution in [2.45, 2.75) is 13.3 Å². The second-order valence-corrected chi connectivity index (χ2v) is 4.02. The van der Waals surface area contributed by atoms with Crippen molar-refractivity contribution >= 4 is 11.6 Å². The zero-order valence-corrected chi connectivity index (χ0v) is 10.5. The van der Waals surface area contributed by atoms with Gasteiger partial charge in [0.05, 0.1) is 19.3 Å². The first kappa shape index (κ1) is 12.7. The van der Waals surface area contributed by atoms with Crippen LogP contribution in [0.15, 0.2) is 12.1 Å². The van der Waals surface area contributed by atoms with E-state index in [1.165, 1.54) is 4.90 Å². The number of alkyl halides is 1. The fourth-order valence-electron chi connectivity index (χ4n) is 2.02. The van der Waals surface area contributed by atoms with Crippen LogP contribution in [0.25, 0.3) is 0 Å². The van der Waals surface area contributed by atoms with Crippen molar-refractivity contribution in [2.24, 2.45) is 0 Å². The van der Waals surface area contributed by atoms with Crippen molar-refractivity contribution in [1.29, 1.82) is 0 Å². The van der Waals surface area contributed by atoms with Crippen molar-refractivity contribution in [1.82, 2.24) is 0 Å². The summed E-state index contributed by atoms with van der Waals surface area (Å²) in [5.41, 5.74) is 1.62. The van der Waals surface area contributed by atoms with Gasteiger partial charge < -0.3 is 14.4 Å². The molecule has 0 spiro atoms. The van der Waals surface area contributed by atoms with Gasteiger partial charge in [0, 0.05) is 0 Å². The van der Waals surface area contributed by atoms with Crippen LogP contribution in [0.4, 0.5) is 10.1 Å². The molecule has 0 saturated heterocycles. The lowest BCUT2D eigenvalue weighted by molar-refractivity contribution is -0.121. The third-order valence-corrected chi connectivity index (χ3v) is 2.96. The van der Waals surface area contributed by atoms with Gasteiger partial charge in [-0.1, -0.05) is 6.92 Å². The molecule has 4 nitrogen and oxygen atoms in total. The molecule has 1 aromatic rings. The number of rotatable bonds is 4. The molecule has 98 valence electrons. The summed E-state index contributed by atoms with van der Waals surface area (Å²) in [6.07, 6.45) is 0.807. The maximum atomic E-state index is 12.5. The summed E-state index contributed by atoms with van der Waals surface area (Å²) >= 11 is 0. The molecule has 1 amide bonds. The first-order valence-corrected chi connectivity index (χ1v) is 5.91. The number of anilines is 1. The van der Waals surface area contributed by atoms with E-state index in [1.54, 1.807) is 7.11 Å². The number of hydrogen-bond donors (Lipinski definition) is 0. The maximum absolute atomic E-state index is 12.5. The summed E-state index contributed by atoms with van der Waals surface area (Å²) in [6, 6.07) is 3.73. The Kier molecular flexibility index (Phi) is 3.69. The number of benzene rings is 1. The van der Waals surface area contributed by atoms with Gasteiger partial charge in [-0.25, -0.2) is 4.39 Å². The zero-order chi connectivity index (χ0) is 13.1. The molecule has 0 aromatic heterocycles. The van der Waals surface area contributed by atoms with Crippen LogP contribution in [0.5, 0.6) is 11.5 Å². The summed E-state index contributed by atoms with van der Waals surface area (Å²) in [5.74, 6) is 0.874. The Balaban J connectivity index is 2.51.